The third kappa shape index (κ3) is 3.53. The Hall–Kier alpha value is -1.95. The number of nitrogens with one attached hydrogen (secondary N) is 1. The zero-order valence-corrected chi connectivity index (χ0v) is 9.70. The van der Waals surface area contributed by atoms with E-state index in [4.69, 9.17) is 22.7 Å². The Morgan fingerprint density at radius 2 is 2.29 bits per heavy atom. The van der Waals surface area contributed by atoms with Crippen LogP contribution in [0.15, 0.2) is 23.3 Å². The van der Waals surface area contributed by atoms with Crippen molar-refractivity contribution in [3.63, 3.8) is 0 Å². The number of hydrogen-bond acceptors (Lipinski definition) is 3. The second-order valence-corrected chi connectivity index (χ2v) is 3.53. The van der Waals surface area contributed by atoms with Crippen LogP contribution in [0.25, 0.3) is 0 Å². The van der Waals surface area contributed by atoms with Crippen LogP contribution >= 0.6 is 11.6 Å². The fraction of sp³-hybridized carbons (Fsp3) is 0.100. The van der Waals surface area contributed by atoms with E-state index < -0.39 is 17.7 Å². The maximum absolute atomic E-state index is 12.8. The summed E-state index contributed by atoms with van der Waals surface area (Å²) in [7, 11) is 0. The average molecular weight is 257 g/mol. The molecule has 0 aliphatic carbocycles. The number of halogens is 2. The van der Waals surface area contributed by atoms with E-state index in [1.807, 2.05) is 0 Å². The van der Waals surface area contributed by atoms with E-state index in [9.17, 15) is 9.18 Å². The van der Waals surface area contributed by atoms with Crippen molar-refractivity contribution in [3.05, 3.63) is 34.6 Å². The third-order valence-electron chi connectivity index (χ3n) is 1.80. The van der Waals surface area contributed by atoms with Crippen LogP contribution in [0.1, 0.15) is 12.5 Å². The number of nitrogens with two attached hydrogens (primary N) is 1. The lowest BCUT2D eigenvalue weighted by molar-refractivity contribution is -0.125. The van der Waals surface area contributed by atoms with Gasteiger partial charge in [-0.15, -0.1) is 0 Å². The van der Waals surface area contributed by atoms with Crippen molar-refractivity contribution in [2.75, 3.05) is 0 Å². The molecule has 0 heterocycles. The highest BCUT2D eigenvalue weighted by Gasteiger charge is 2.09. The summed E-state index contributed by atoms with van der Waals surface area (Å²) in [5, 5.41) is 11.6. The molecule has 0 aromatic heterocycles. The largest absolute Gasteiger partial charge is 0.368 e. The van der Waals surface area contributed by atoms with Gasteiger partial charge in [-0.3, -0.25) is 10.2 Å². The van der Waals surface area contributed by atoms with E-state index in [1.165, 1.54) is 25.3 Å². The van der Waals surface area contributed by atoms with E-state index >= 15 is 0 Å². The molecule has 5 nitrogen and oxygen atoms in total. The summed E-state index contributed by atoms with van der Waals surface area (Å²) < 4.78 is 12.8. The lowest BCUT2D eigenvalue weighted by Crippen LogP contribution is -2.35. The summed E-state index contributed by atoms with van der Waals surface area (Å²) >= 11 is 5.75. The van der Waals surface area contributed by atoms with Gasteiger partial charge in [0.05, 0.1) is 11.2 Å². The first-order valence-electron chi connectivity index (χ1n) is 4.55. The van der Waals surface area contributed by atoms with Crippen molar-refractivity contribution < 1.29 is 9.18 Å². The maximum atomic E-state index is 12.8. The van der Waals surface area contributed by atoms with Gasteiger partial charge >= 0.3 is 0 Å². The molecule has 0 saturated carbocycles. The van der Waals surface area contributed by atoms with Crippen molar-refractivity contribution in [2.24, 2.45) is 10.8 Å². The quantitative estimate of drug-likeness (QED) is 0.478. The van der Waals surface area contributed by atoms with E-state index in [1.54, 1.807) is 0 Å². The standard InChI is InChI=1S/C10H10ClFN4O/c1-6(17)16(10(13)14)15-5-7-2-3-8(12)4-9(7)11/h2-5H,1H3,(H3,13,14)/b15-5+. The van der Waals surface area contributed by atoms with Crippen LogP contribution in [0, 0.1) is 11.2 Å². The molecule has 1 amide bonds. The highest BCUT2D eigenvalue weighted by Crippen LogP contribution is 2.15. The number of carbonyl (C=O) groups is 1. The molecule has 0 spiro atoms. The molecule has 3 N–H and O–H groups in total. The zero-order valence-electron chi connectivity index (χ0n) is 8.95. The summed E-state index contributed by atoms with van der Waals surface area (Å²) in [6, 6.07) is 3.73. The highest BCUT2D eigenvalue weighted by molar-refractivity contribution is 6.33. The van der Waals surface area contributed by atoms with Gasteiger partial charge in [0.1, 0.15) is 5.82 Å². The zero-order chi connectivity index (χ0) is 13.0. The molecule has 0 aliphatic heterocycles. The fourth-order valence-electron chi connectivity index (χ4n) is 1.04. The van der Waals surface area contributed by atoms with Gasteiger partial charge < -0.3 is 5.73 Å². The minimum absolute atomic E-state index is 0.154. The molecule has 0 aliphatic rings. The van der Waals surface area contributed by atoms with Gasteiger partial charge in [0.2, 0.25) is 11.9 Å². The predicted octanol–water partition coefficient (Wildman–Crippen LogP) is 1.55. The number of hydrogen-bond donors (Lipinski definition) is 2. The van der Waals surface area contributed by atoms with Crippen LogP contribution in [-0.4, -0.2) is 23.1 Å². The summed E-state index contributed by atoms with van der Waals surface area (Å²) in [5.41, 5.74) is 5.56. The number of nitrogens with zero attached hydrogens (tertiary/aromatic N) is 2. The molecule has 0 radical (unpaired) electrons. The molecule has 0 unspecified atom stereocenters. The van der Waals surface area contributed by atoms with Crippen molar-refractivity contribution in [2.45, 2.75) is 6.92 Å². The van der Waals surface area contributed by atoms with Crippen LogP contribution < -0.4 is 5.73 Å². The Kier molecular flexibility index (Phi) is 4.17. The Morgan fingerprint density at radius 1 is 1.65 bits per heavy atom. The van der Waals surface area contributed by atoms with Gasteiger partial charge in [0.15, 0.2) is 0 Å². The van der Waals surface area contributed by atoms with Gasteiger partial charge in [-0.2, -0.15) is 10.1 Å². The first-order chi connectivity index (χ1) is 7.91. The smallest absolute Gasteiger partial charge is 0.246 e. The lowest BCUT2D eigenvalue weighted by atomic mass is 10.2. The van der Waals surface area contributed by atoms with Crippen molar-refractivity contribution in [3.8, 4) is 0 Å². The van der Waals surface area contributed by atoms with E-state index in [2.05, 4.69) is 5.10 Å². The van der Waals surface area contributed by atoms with Crippen LogP contribution in [0.3, 0.4) is 0 Å². The van der Waals surface area contributed by atoms with Gasteiger partial charge in [-0.25, -0.2) is 4.39 Å². The van der Waals surface area contributed by atoms with Crippen molar-refractivity contribution in [1.29, 1.82) is 5.41 Å². The lowest BCUT2D eigenvalue weighted by Gasteiger charge is -2.11. The number of benzene rings is 1. The second kappa shape index (κ2) is 5.40. The van der Waals surface area contributed by atoms with Crippen molar-refractivity contribution in [1.82, 2.24) is 5.01 Å². The molecule has 17 heavy (non-hydrogen) atoms. The number of amides is 1. The van der Waals surface area contributed by atoms with Crippen molar-refractivity contribution >= 4 is 29.7 Å². The number of carbonyl (C=O) groups excluding carboxylic acids is 1. The Bertz CT molecular complexity index is 475. The minimum atomic E-state index is -0.507. The summed E-state index contributed by atoms with van der Waals surface area (Å²) in [5.74, 6) is -1.49. The van der Waals surface area contributed by atoms with Crippen LogP contribution in [-0.2, 0) is 4.79 Å². The molecule has 0 atom stereocenters. The second-order valence-electron chi connectivity index (χ2n) is 3.13. The van der Waals surface area contributed by atoms with Crippen LogP contribution in [0.4, 0.5) is 4.39 Å². The topological polar surface area (TPSA) is 82.5 Å². The van der Waals surface area contributed by atoms with Gasteiger partial charge in [-0.1, -0.05) is 11.6 Å². The van der Waals surface area contributed by atoms with E-state index in [0.717, 1.165) is 6.07 Å². The van der Waals surface area contributed by atoms with Crippen LogP contribution in [0.5, 0.6) is 0 Å². The molecule has 7 heteroatoms. The Balaban J connectivity index is 2.96. The third-order valence-corrected chi connectivity index (χ3v) is 2.13. The fourth-order valence-corrected chi connectivity index (χ4v) is 1.26. The number of guanidine groups is 1. The van der Waals surface area contributed by atoms with Gasteiger partial charge in [0, 0.05) is 12.5 Å². The molecular weight excluding hydrogens is 247 g/mol. The predicted molar refractivity (Wildman–Crippen MR) is 63.4 cm³/mol. The molecular formula is C10H10ClFN4O. The molecule has 0 bridgehead atoms. The minimum Gasteiger partial charge on any atom is -0.368 e. The Labute approximate surface area is 102 Å². The highest BCUT2D eigenvalue weighted by atomic mass is 35.5. The molecule has 1 aromatic rings. The summed E-state index contributed by atoms with van der Waals surface area (Å²) in [6.45, 7) is 1.21. The average Bonchev–Trinajstić information content (AvgIpc) is 2.20. The number of rotatable bonds is 2. The summed E-state index contributed by atoms with van der Waals surface area (Å²) in [4.78, 5) is 11.0. The number of hydrazone groups is 1. The molecule has 1 rings (SSSR count). The molecule has 90 valence electrons. The molecule has 0 fully saturated rings. The molecule has 0 saturated heterocycles. The SMILES string of the molecule is CC(=O)N(/N=C/c1ccc(F)cc1Cl)C(=N)N. The van der Waals surface area contributed by atoms with Gasteiger partial charge in [-0.05, 0) is 18.2 Å². The normalized spacial score (nSPS) is 10.5. The van der Waals surface area contributed by atoms with E-state index in [0.29, 0.717) is 10.6 Å². The monoisotopic (exact) mass is 256 g/mol. The van der Waals surface area contributed by atoms with Gasteiger partial charge in [0.25, 0.3) is 0 Å². The molecule has 1 aromatic carbocycles. The first-order valence-corrected chi connectivity index (χ1v) is 4.93. The maximum Gasteiger partial charge on any atom is 0.246 e. The first kappa shape index (κ1) is 13.1. The van der Waals surface area contributed by atoms with E-state index in [-0.39, 0.29) is 5.02 Å². The van der Waals surface area contributed by atoms with Crippen LogP contribution in [0.2, 0.25) is 5.02 Å². The summed E-state index contributed by atoms with van der Waals surface area (Å²) in [6.07, 6.45) is 1.23. The Morgan fingerprint density at radius 3 is 2.76 bits per heavy atom.